The van der Waals surface area contributed by atoms with E-state index >= 15 is 0 Å². The van der Waals surface area contributed by atoms with Crippen LogP contribution in [0.4, 0.5) is 11.4 Å². The van der Waals surface area contributed by atoms with Crippen LogP contribution in [0.25, 0.3) is 0 Å². The third-order valence-corrected chi connectivity index (χ3v) is 4.14. The lowest BCUT2D eigenvalue weighted by molar-refractivity contribution is -0.114. The summed E-state index contributed by atoms with van der Waals surface area (Å²) >= 11 is 0. The lowest BCUT2D eigenvalue weighted by Gasteiger charge is -2.13. The van der Waals surface area contributed by atoms with Crippen molar-refractivity contribution in [2.24, 2.45) is 0 Å². The van der Waals surface area contributed by atoms with Crippen LogP contribution >= 0.6 is 0 Å². The van der Waals surface area contributed by atoms with Gasteiger partial charge < -0.3 is 24.8 Å². The van der Waals surface area contributed by atoms with Gasteiger partial charge in [-0.05, 0) is 55.5 Å². The molecule has 0 radical (unpaired) electrons. The average molecular weight is 406 g/mol. The average Bonchev–Trinajstić information content (AvgIpc) is 2.78. The molecular formula is C24H26N2O4. The van der Waals surface area contributed by atoms with E-state index in [0.717, 1.165) is 17.2 Å². The van der Waals surface area contributed by atoms with Crippen LogP contribution in [-0.4, -0.2) is 32.3 Å². The molecule has 0 fully saturated rings. The SMILES string of the molecule is CCOCCOc1ccccc1NC(=O)CNc1ccc(Oc2ccccc2)cc1. The molecule has 3 aromatic carbocycles. The third kappa shape index (κ3) is 6.83. The van der Waals surface area contributed by atoms with E-state index in [1.165, 1.54) is 0 Å². The molecule has 3 rings (SSSR count). The number of benzene rings is 3. The van der Waals surface area contributed by atoms with Crippen molar-refractivity contribution < 1.29 is 19.0 Å². The van der Waals surface area contributed by atoms with Gasteiger partial charge in [-0.15, -0.1) is 0 Å². The highest BCUT2D eigenvalue weighted by molar-refractivity contribution is 5.95. The van der Waals surface area contributed by atoms with Crippen molar-refractivity contribution in [3.63, 3.8) is 0 Å². The Morgan fingerprint density at radius 2 is 1.53 bits per heavy atom. The monoisotopic (exact) mass is 406 g/mol. The fraction of sp³-hybridized carbons (Fsp3) is 0.208. The lowest BCUT2D eigenvalue weighted by Crippen LogP contribution is -2.22. The van der Waals surface area contributed by atoms with Gasteiger partial charge in [-0.1, -0.05) is 30.3 Å². The molecular weight excluding hydrogens is 380 g/mol. The van der Waals surface area contributed by atoms with Crippen molar-refractivity contribution in [3.8, 4) is 17.2 Å². The van der Waals surface area contributed by atoms with Crippen molar-refractivity contribution in [3.05, 3.63) is 78.9 Å². The van der Waals surface area contributed by atoms with Gasteiger partial charge in [0.2, 0.25) is 5.91 Å². The molecule has 2 N–H and O–H groups in total. The second-order valence-corrected chi connectivity index (χ2v) is 6.38. The first kappa shape index (κ1) is 21.2. The molecule has 0 heterocycles. The molecule has 30 heavy (non-hydrogen) atoms. The van der Waals surface area contributed by atoms with Gasteiger partial charge in [-0.2, -0.15) is 0 Å². The summed E-state index contributed by atoms with van der Waals surface area (Å²) < 4.78 is 16.7. The Hall–Kier alpha value is -3.51. The van der Waals surface area contributed by atoms with Crippen LogP contribution in [0.2, 0.25) is 0 Å². The van der Waals surface area contributed by atoms with Gasteiger partial charge in [-0.25, -0.2) is 0 Å². The Morgan fingerprint density at radius 3 is 2.30 bits per heavy atom. The number of carbonyl (C=O) groups excluding carboxylic acids is 1. The zero-order valence-electron chi connectivity index (χ0n) is 17.0. The van der Waals surface area contributed by atoms with Crippen LogP contribution in [0.5, 0.6) is 17.2 Å². The second-order valence-electron chi connectivity index (χ2n) is 6.38. The maximum Gasteiger partial charge on any atom is 0.243 e. The summed E-state index contributed by atoms with van der Waals surface area (Å²) in [6.45, 7) is 3.64. The number of hydrogen-bond acceptors (Lipinski definition) is 5. The molecule has 6 heteroatoms. The van der Waals surface area contributed by atoms with E-state index in [2.05, 4.69) is 10.6 Å². The molecule has 156 valence electrons. The van der Waals surface area contributed by atoms with Gasteiger partial charge in [0.1, 0.15) is 23.9 Å². The molecule has 6 nitrogen and oxygen atoms in total. The highest BCUT2D eigenvalue weighted by atomic mass is 16.5. The van der Waals surface area contributed by atoms with E-state index in [0.29, 0.717) is 31.3 Å². The third-order valence-electron chi connectivity index (χ3n) is 4.14. The molecule has 0 saturated heterocycles. The van der Waals surface area contributed by atoms with Gasteiger partial charge in [-0.3, -0.25) is 4.79 Å². The fourth-order valence-corrected chi connectivity index (χ4v) is 2.69. The van der Waals surface area contributed by atoms with Gasteiger partial charge in [0.05, 0.1) is 18.8 Å². The molecule has 0 saturated carbocycles. The summed E-state index contributed by atoms with van der Waals surface area (Å²) in [6.07, 6.45) is 0. The Morgan fingerprint density at radius 1 is 0.833 bits per heavy atom. The first-order chi connectivity index (χ1) is 14.7. The molecule has 0 aliphatic carbocycles. The molecule has 0 atom stereocenters. The number of anilines is 2. The van der Waals surface area contributed by atoms with Crippen molar-refractivity contribution in [2.75, 3.05) is 37.0 Å². The first-order valence-corrected chi connectivity index (χ1v) is 9.91. The van der Waals surface area contributed by atoms with Gasteiger partial charge in [0.25, 0.3) is 0 Å². The van der Waals surface area contributed by atoms with Crippen LogP contribution in [0.3, 0.4) is 0 Å². The van der Waals surface area contributed by atoms with E-state index in [1.54, 1.807) is 0 Å². The van der Waals surface area contributed by atoms with E-state index in [-0.39, 0.29) is 12.5 Å². The standard InChI is InChI=1S/C24H26N2O4/c1-2-28-16-17-29-23-11-7-6-10-22(23)26-24(27)18-25-19-12-14-21(15-13-19)30-20-8-4-3-5-9-20/h3-15,25H,2,16-18H2,1H3,(H,26,27). The molecule has 0 aliphatic heterocycles. The second kappa shape index (κ2) is 11.5. The quantitative estimate of drug-likeness (QED) is 0.441. The minimum absolute atomic E-state index is 0.131. The Labute approximate surface area is 176 Å². The van der Waals surface area contributed by atoms with Crippen LogP contribution in [0.15, 0.2) is 78.9 Å². The summed E-state index contributed by atoms with van der Waals surface area (Å²) in [7, 11) is 0. The van der Waals surface area contributed by atoms with Crippen molar-refractivity contribution in [1.29, 1.82) is 0 Å². The highest BCUT2D eigenvalue weighted by Gasteiger charge is 2.08. The normalized spacial score (nSPS) is 10.3. The minimum atomic E-state index is -0.166. The van der Waals surface area contributed by atoms with Crippen molar-refractivity contribution >= 4 is 17.3 Å². The number of rotatable bonds is 11. The lowest BCUT2D eigenvalue weighted by atomic mass is 10.2. The number of nitrogens with one attached hydrogen (secondary N) is 2. The van der Waals surface area contributed by atoms with Gasteiger partial charge in [0.15, 0.2) is 0 Å². The van der Waals surface area contributed by atoms with E-state index in [4.69, 9.17) is 14.2 Å². The van der Waals surface area contributed by atoms with Crippen LogP contribution in [-0.2, 0) is 9.53 Å². The number of carbonyl (C=O) groups is 1. The van der Waals surface area contributed by atoms with E-state index in [1.807, 2.05) is 85.8 Å². The van der Waals surface area contributed by atoms with Crippen LogP contribution in [0.1, 0.15) is 6.92 Å². The highest BCUT2D eigenvalue weighted by Crippen LogP contribution is 2.24. The van der Waals surface area contributed by atoms with E-state index < -0.39 is 0 Å². The Bertz CT molecular complexity index is 914. The van der Waals surface area contributed by atoms with Crippen LogP contribution in [0, 0.1) is 0 Å². The number of para-hydroxylation sites is 3. The summed E-state index contributed by atoms with van der Waals surface area (Å²) in [5.41, 5.74) is 1.46. The summed E-state index contributed by atoms with van der Waals surface area (Å²) in [5, 5.41) is 5.98. The molecule has 1 amide bonds. The Balaban J connectivity index is 1.48. The number of amides is 1. The number of ether oxygens (including phenoxy) is 3. The summed E-state index contributed by atoms with van der Waals surface area (Å²) in [6, 6.07) is 24.4. The van der Waals surface area contributed by atoms with Crippen LogP contribution < -0.4 is 20.1 Å². The summed E-state index contributed by atoms with van der Waals surface area (Å²) in [5.74, 6) is 1.96. The fourth-order valence-electron chi connectivity index (χ4n) is 2.69. The van der Waals surface area contributed by atoms with Crippen molar-refractivity contribution in [2.45, 2.75) is 6.92 Å². The maximum atomic E-state index is 12.3. The smallest absolute Gasteiger partial charge is 0.243 e. The molecule has 0 aromatic heterocycles. The topological polar surface area (TPSA) is 68.8 Å². The van der Waals surface area contributed by atoms with Gasteiger partial charge >= 0.3 is 0 Å². The zero-order valence-corrected chi connectivity index (χ0v) is 17.0. The van der Waals surface area contributed by atoms with E-state index in [9.17, 15) is 4.79 Å². The first-order valence-electron chi connectivity index (χ1n) is 9.91. The van der Waals surface area contributed by atoms with Gasteiger partial charge in [0, 0.05) is 12.3 Å². The summed E-state index contributed by atoms with van der Waals surface area (Å²) in [4.78, 5) is 12.3. The molecule has 0 aliphatic rings. The maximum absolute atomic E-state index is 12.3. The molecule has 3 aromatic rings. The molecule has 0 spiro atoms. The van der Waals surface area contributed by atoms with Crippen molar-refractivity contribution in [1.82, 2.24) is 0 Å². The molecule has 0 unspecified atom stereocenters. The number of hydrogen-bond donors (Lipinski definition) is 2. The predicted molar refractivity (Wildman–Crippen MR) is 119 cm³/mol. The minimum Gasteiger partial charge on any atom is -0.489 e. The zero-order chi connectivity index (χ0) is 21.0. The largest absolute Gasteiger partial charge is 0.489 e. The predicted octanol–water partition coefficient (Wildman–Crippen LogP) is 4.94. The molecule has 0 bridgehead atoms. The Kier molecular flexibility index (Phi) is 8.12.